The molecule has 31 heavy (non-hydrogen) atoms. The molecule has 0 radical (unpaired) electrons. The van der Waals surface area contributed by atoms with Gasteiger partial charge in [0.05, 0.1) is 31.5 Å². The minimum Gasteiger partial charge on any atom is -0.497 e. The summed E-state index contributed by atoms with van der Waals surface area (Å²) in [5.74, 6) is -0.282. The Bertz CT molecular complexity index is 1100. The van der Waals surface area contributed by atoms with E-state index in [4.69, 9.17) is 9.47 Å². The molecular weight excluding hydrogens is 422 g/mol. The summed E-state index contributed by atoms with van der Waals surface area (Å²) in [6.07, 6.45) is -0.00516. The number of methoxy groups -OCH3 is 2. The van der Waals surface area contributed by atoms with Crippen molar-refractivity contribution in [2.75, 3.05) is 45.1 Å². The van der Waals surface area contributed by atoms with Crippen LogP contribution in [0.4, 0.5) is 11.4 Å². The molecule has 1 atom stereocenters. The van der Waals surface area contributed by atoms with Gasteiger partial charge in [0.15, 0.2) is 0 Å². The second kappa shape index (κ2) is 8.94. The largest absolute Gasteiger partial charge is 0.497 e. The Morgan fingerprint density at radius 1 is 1.13 bits per heavy atom. The molecule has 1 aliphatic rings. The van der Waals surface area contributed by atoms with Gasteiger partial charge in [-0.1, -0.05) is 12.1 Å². The average molecular weight is 448 g/mol. The van der Waals surface area contributed by atoms with Gasteiger partial charge < -0.3 is 19.7 Å². The Hall–Kier alpha value is -3.11. The minimum absolute atomic E-state index is 0.00516. The summed E-state index contributed by atoms with van der Waals surface area (Å²) in [6, 6.07) is 11.3. The lowest BCUT2D eigenvalue weighted by molar-refractivity contribution is -0.122. The second-order valence-electron chi connectivity index (χ2n) is 7.22. The van der Waals surface area contributed by atoms with Crippen molar-refractivity contribution in [2.24, 2.45) is 5.92 Å². The fraction of sp³-hybridized carbons (Fsp3) is 0.333. The van der Waals surface area contributed by atoms with Crippen molar-refractivity contribution < 1.29 is 27.5 Å². The molecule has 9 nitrogen and oxygen atoms in total. The van der Waals surface area contributed by atoms with Crippen LogP contribution in [0.2, 0.25) is 0 Å². The standard InChI is InChI=1S/C21H25N3O6S/c1-23(2)31(27,28)19-8-6-5-7-16(19)22-21(26)14-11-20(25)24(13-14)17-12-15(29-3)9-10-18(17)30-4/h5-10,12,14H,11,13H2,1-4H3,(H,22,26). The fourth-order valence-electron chi connectivity index (χ4n) is 3.35. The number of carbonyl (C=O) groups is 2. The highest BCUT2D eigenvalue weighted by atomic mass is 32.2. The van der Waals surface area contributed by atoms with E-state index >= 15 is 0 Å². The second-order valence-corrected chi connectivity index (χ2v) is 9.34. The van der Waals surface area contributed by atoms with Crippen molar-refractivity contribution in [3.05, 3.63) is 42.5 Å². The van der Waals surface area contributed by atoms with E-state index in [9.17, 15) is 18.0 Å². The number of hydrogen-bond donors (Lipinski definition) is 1. The molecule has 2 aromatic carbocycles. The Kier molecular flexibility index (Phi) is 6.51. The van der Waals surface area contributed by atoms with Crippen LogP contribution in [-0.4, -0.2) is 59.4 Å². The zero-order valence-corrected chi connectivity index (χ0v) is 18.6. The summed E-state index contributed by atoms with van der Waals surface area (Å²) in [7, 11) is 2.11. The maximum Gasteiger partial charge on any atom is 0.244 e. The van der Waals surface area contributed by atoms with E-state index in [0.29, 0.717) is 17.2 Å². The van der Waals surface area contributed by atoms with E-state index in [1.165, 1.54) is 45.3 Å². The summed E-state index contributed by atoms with van der Waals surface area (Å²) < 4.78 is 36.8. The highest BCUT2D eigenvalue weighted by Gasteiger charge is 2.37. The Balaban J connectivity index is 1.83. The molecule has 2 aromatic rings. The van der Waals surface area contributed by atoms with E-state index in [2.05, 4.69) is 5.32 Å². The van der Waals surface area contributed by atoms with Gasteiger partial charge in [-0.2, -0.15) is 0 Å². The first-order chi connectivity index (χ1) is 14.7. The predicted molar refractivity (Wildman–Crippen MR) is 116 cm³/mol. The number of amides is 2. The van der Waals surface area contributed by atoms with Gasteiger partial charge in [-0.15, -0.1) is 0 Å². The van der Waals surface area contributed by atoms with Crippen LogP contribution in [0.15, 0.2) is 47.4 Å². The molecule has 1 heterocycles. The minimum atomic E-state index is -3.75. The number of rotatable bonds is 7. The SMILES string of the molecule is COc1ccc(OC)c(N2CC(C(=O)Nc3ccccc3S(=O)(=O)N(C)C)CC2=O)c1. The van der Waals surface area contributed by atoms with E-state index in [1.54, 1.807) is 30.3 Å². The number of carbonyl (C=O) groups excluding carboxylic acids is 2. The van der Waals surface area contributed by atoms with Crippen LogP contribution >= 0.6 is 0 Å². The first kappa shape index (κ1) is 22.6. The van der Waals surface area contributed by atoms with Gasteiger partial charge in [0, 0.05) is 33.1 Å². The van der Waals surface area contributed by atoms with Crippen molar-refractivity contribution >= 4 is 33.2 Å². The fourth-order valence-corrected chi connectivity index (χ4v) is 4.39. The summed E-state index contributed by atoms with van der Waals surface area (Å²) in [5, 5.41) is 2.68. The van der Waals surface area contributed by atoms with Gasteiger partial charge in [-0.25, -0.2) is 12.7 Å². The molecule has 0 aromatic heterocycles. The summed E-state index contributed by atoms with van der Waals surface area (Å²) in [6.45, 7) is 0.136. The maximum atomic E-state index is 12.9. The van der Waals surface area contributed by atoms with E-state index < -0.39 is 21.8 Å². The van der Waals surface area contributed by atoms with Crippen LogP contribution in [0.5, 0.6) is 11.5 Å². The van der Waals surface area contributed by atoms with E-state index in [0.717, 1.165) is 4.31 Å². The zero-order chi connectivity index (χ0) is 22.8. The lowest BCUT2D eigenvalue weighted by Crippen LogP contribution is -2.29. The number of nitrogens with one attached hydrogen (secondary N) is 1. The number of anilines is 2. The van der Waals surface area contributed by atoms with Crippen LogP contribution in [0.3, 0.4) is 0 Å². The first-order valence-electron chi connectivity index (χ1n) is 9.54. The number of nitrogens with zero attached hydrogens (tertiary/aromatic N) is 2. The molecule has 0 bridgehead atoms. The lowest BCUT2D eigenvalue weighted by atomic mass is 10.1. The smallest absolute Gasteiger partial charge is 0.244 e. The van der Waals surface area contributed by atoms with E-state index in [-0.39, 0.29) is 29.5 Å². The Morgan fingerprint density at radius 3 is 2.48 bits per heavy atom. The molecule has 1 saturated heterocycles. The summed E-state index contributed by atoms with van der Waals surface area (Å²) in [5.41, 5.74) is 0.684. The number of ether oxygens (including phenoxy) is 2. The quantitative estimate of drug-likeness (QED) is 0.696. The number of benzene rings is 2. The summed E-state index contributed by atoms with van der Waals surface area (Å²) in [4.78, 5) is 27.1. The lowest BCUT2D eigenvalue weighted by Gasteiger charge is -2.20. The van der Waals surface area contributed by atoms with Crippen molar-refractivity contribution in [1.82, 2.24) is 4.31 Å². The van der Waals surface area contributed by atoms with E-state index in [1.807, 2.05) is 0 Å². The van der Waals surface area contributed by atoms with Crippen LogP contribution in [0.25, 0.3) is 0 Å². The van der Waals surface area contributed by atoms with Crippen LogP contribution in [0.1, 0.15) is 6.42 Å². The van der Waals surface area contributed by atoms with Gasteiger partial charge >= 0.3 is 0 Å². The predicted octanol–water partition coefficient (Wildman–Crippen LogP) is 1.95. The number of para-hydroxylation sites is 1. The molecule has 166 valence electrons. The number of sulfonamides is 1. The third-order valence-electron chi connectivity index (χ3n) is 5.08. The molecule has 1 aliphatic heterocycles. The normalized spacial score (nSPS) is 16.5. The Labute approximate surface area is 181 Å². The third-order valence-corrected chi connectivity index (χ3v) is 6.95. The van der Waals surface area contributed by atoms with Gasteiger partial charge in [-0.05, 0) is 24.3 Å². The van der Waals surface area contributed by atoms with Crippen LogP contribution in [-0.2, 0) is 19.6 Å². The van der Waals surface area contributed by atoms with Gasteiger partial charge in [0.25, 0.3) is 0 Å². The van der Waals surface area contributed by atoms with Crippen molar-refractivity contribution in [3.63, 3.8) is 0 Å². The molecule has 0 saturated carbocycles. The molecular formula is C21H25N3O6S. The molecule has 1 fully saturated rings. The Morgan fingerprint density at radius 2 is 1.84 bits per heavy atom. The van der Waals surface area contributed by atoms with Gasteiger partial charge in [0.1, 0.15) is 16.4 Å². The highest BCUT2D eigenvalue weighted by Crippen LogP contribution is 2.36. The zero-order valence-electron chi connectivity index (χ0n) is 17.8. The summed E-state index contributed by atoms with van der Waals surface area (Å²) >= 11 is 0. The van der Waals surface area contributed by atoms with Crippen molar-refractivity contribution in [3.8, 4) is 11.5 Å². The van der Waals surface area contributed by atoms with Gasteiger partial charge in [-0.3, -0.25) is 9.59 Å². The van der Waals surface area contributed by atoms with Crippen molar-refractivity contribution in [2.45, 2.75) is 11.3 Å². The molecule has 0 spiro atoms. The molecule has 2 amide bonds. The third kappa shape index (κ3) is 4.49. The average Bonchev–Trinajstić information content (AvgIpc) is 3.15. The topological polar surface area (TPSA) is 105 Å². The molecule has 3 rings (SSSR count). The van der Waals surface area contributed by atoms with Gasteiger partial charge in [0.2, 0.25) is 21.8 Å². The molecule has 1 N–H and O–H groups in total. The molecule has 1 unspecified atom stereocenters. The first-order valence-corrected chi connectivity index (χ1v) is 11.0. The van der Waals surface area contributed by atoms with Crippen molar-refractivity contribution in [1.29, 1.82) is 0 Å². The number of hydrogen-bond acceptors (Lipinski definition) is 6. The highest BCUT2D eigenvalue weighted by molar-refractivity contribution is 7.89. The molecule has 10 heteroatoms. The maximum absolute atomic E-state index is 12.9. The van der Waals surface area contributed by atoms with Crippen LogP contribution < -0.4 is 19.7 Å². The molecule has 0 aliphatic carbocycles. The monoisotopic (exact) mass is 447 g/mol. The van der Waals surface area contributed by atoms with Crippen LogP contribution in [0, 0.1) is 5.92 Å².